The van der Waals surface area contributed by atoms with Gasteiger partial charge in [-0.3, -0.25) is 4.90 Å². The van der Waals surface area contributed by atoms with Crippen LogP contribution in [-0.2, 0) is 21.9 Å². The number of fused-ring (bicyclic) bond motifs is 2. The SMILES string of the molecule is NC1(c2ccccc2CN2CC3CC2CS3(=O)=O)CC1. The highest BCUT2D eigenvalue weighted by Gasteiger charge is 2.48. The maximum Gasteiger partial charge on any atom is 0.156 e. The third kappa shape index (κ3) is 1.91. The van der Waals surface area contributed by atoms with E-state index in [9.17, 15) is 8.42 Å². The smallest absolute Gasteiger partial charge is 0.156 e. The molecular formula is C15H20N2O2S. The van der Waals surface area contributed by atoms with Gasteiger partial charge in [-0.25, -0.2) is 8.42 Å². The summed E-state index contributed by atoms with van der Waals surface area (Å²) >= 11 is 0. The average Bonchev–Trinajstić information content (AvgIpc) is 2.91. The zero-order valence-corrected chi connectivity index (χ0v) is 12.3. The van der Waals surface area contributed by atoms with E-state index in [4.69, 9.17) is 5.73 Å². The van der Waals surface area contributed by atoms with Crippen molar-refractivity contribution in [2.75, 3.05) is 12.3 Å². The second-order valence-electron chi connectivity index (χ2n) is 6.58. The summed E-state index contributed by atoms with van der Waals surface area (Å²) in [7, 11) is -2.81. The predicted molar refractivity (Wildman–Crippen MR) is 77.9 cm³/mol. The van der Waals surface area contributed by atoms with Crippen molar-refractivity contribution in [3.63, 3.8) is 0 Å². The first-order valence-electron chi connectivity index (χ1n) is 7.31. The standard InChI is InChI=1S/C15H20N2O2S/c16-15(5-6-15)14-4-2-1-3-11(14)8-17-9-13-7-12(17)10-20(13,18)19/h1-4,12-13H,5-10,16H2. The largest absolute Gasteiger partial charge is 0.321 e. The van der Waals surface area contributed by atoms with Crippen LogP contribution in [0.5, 0.6) is 0 Å². The fourth-order valence-corrected chi connectivity index (χ4v) is 5.83. The molecule has 2 bridgehead atoms. The van der Waals surface area contributed by atoms with Gasteiger partial charge >= 0.3 is 0 Å². The molecule has 4 nitrogen and oxygen atoms in total. The summed E-state index contributed by atoms with van der Waals surface area (Å²) in [6.07, 6.45) is 2.94. The van der Waals surface area contributed by atoms with E-state index in [-0.39, 0.29) is 16.8 Å². The highest BCUT2D eigenvalue weighted by molar-refractivity contribution is 7.92. The lowest BCUT2D eigenvalue weighted by atomic mass is 9.98. The molecule has 0 amide bonds. The van der Waals surface area contributed by atoms with E-state index in [0.717, 1.165) is 25.8 Å². The van der Waals surface area contributed by atoms with Gasteiger partial charge in [0.05, 0.1) is 11.0 Å². The minimum Gasteiger partial charge on any atom is -0.321 e. The second-order valence-corrected chi connectivity index (χ2v) is 8.91. The molecule has 2 atom stereocenters. The van der Waals surface area contributed by atoms with Gasteiger partial charge in [-0.2, -0.15) is 0 Å². The molecule has 1 saturated carbocycles. The molecule has 2 unspecified atom stereocenters. The van der Waals surface area contributed by atoms with Crippen molar-refractivity contribution in [3.05, 3.63) is 35.4 Å². The number of hydrogen-bond acceptors (Lipinski definition) is 4. The number of nitrogens with two attached hydrogens (primary N) is 1. The molecule has 20 heavy (non-hydrogen) atoms. The summed E-state index contributed by atoms with van der Waals surface area (Å²) in [6.45, 7) is 1.53. The van der Waals surface area contributed by atoms with E-state index in [1.807, 2.05) is 6.07 Å². The summed E-state index contributed by atoms with van der Waals surface area (Å²) < 4.78 is 23.6. The fraction of sp³-hybridized carbons (Fsp3) is 0.600. The Labute approximate surface area is 119 Å². The molecule has 2 N–H and O–H groups in total. The summed E-state index contributed by atoms with van der Waals surface area (Å²) in [5, 5.41) is -0.132. The van der Waals surface area contributed by atoms with E-state index in [0.29, 0.717) is 12.3 Å². The highest BCUT2D eigenvalue weighted by Crippen LogP contribution is 2.44. The number of likely N-dealkylation sites (tertiary alicyclic amines) is 1. The minimum atomic E-state index is -2.81. The van der Waals surface area contributed by atoms with Crippen molar-refractivity contribution in [2.24, 2.45) is 5.73 Å². The molecule has 2 aliphatic heterocycles. The van der Waals surface area contributed by atoms with Crippen molar-refractivity contribution >= 4 is 9.84 Å². The van der Waals surface area contributed by atoms with Crippen LogP contribution >= 0.6 is 0 Å². The van der Waals surface area contributed by atoms with Crippen LogP contribution in [0.15, 0.2) is 24.3 Å². The highest BCUT2D eigenvalue weighted by atomic mass is 32.2. The summed E-state index contributed by atoms with van der Waals surface area (Å²) in [5.74, 6) is 0.341. The molecule has 5 heteroatoms. The number of rotatable bonds is 3. The van der Waals surface area contributed by atoms with Crippen molar-refractivity contribution in [2.45, 2.75) is 42.6 Å². The van der Waals surface area contributed by atoms with Gasteiger partial charge in [0.1, 0.15) is 0 Å². The van der Waals surface area contributed by atoms with Crippen LogP contribution in [0.3, 0.4) is 0 Å². The lowest BCUT2D eigenvalue weighted by Crippen LogP contribution is -2.40. The molecule has 0 aromatic heterocycles. The first-order chi connectivity index (χ1) is 9.48. The third-order valence-corrected chi connectivity index (χ3v) is 7.34. The predicted octanol–water partition coefficient (Wildman–Crippen LogP) is 1.01. The molecular weight excluding hydrogens is 272 g/mol. The molecule has 1 aromatic carbocycles. The number of nitrogens with zero attached hydrogens (tertiary/aromatic N) is 1. The number of benzene rings is 1. The monoisotopic (exact) mass is 292 g/mol. The van der Waals surface area contributed by atoms with Crippen LogP contribution in [-0.4, -0.2) is 36.9 Å². The zero-order chi connectivity index (χ0) is 14.0. The van der Waals surface area contributed by atoms with E-state index >= 15 is 0 Å². The van der Waals surface area contributed by atoms with Crippen LogP contribution in [0.4, 0.5) is 0 Å². The molecule has 0 radical (unpaired) electrons. The second kappa shape index (κ2) is 4.06. The van der Waals surface area contributed by atoms with E-state index in [1.54, 1.807) is 0 Å². The Morgan fingerprint density at radius 2 is 2.05 bits per heavy atom. The summed E-state index contributed by atoms with van der Waals surface area (Å²) in [6, 6.07) is 8.59. The van der Waals surface area contributed by atoms with Crippen LogP contribution in [0.25, 0.3) is 0 Å². The topological polar surface area (TPSA) is 63.4 Å². The average molecular weight is 292 g/mol. The van der Waals surface area contributed by atoms with Gasteiger partial charge in [-0.05, 0) is 30.4 Å². The van der Waals surface area contributed by atoms with Crippen molar-refractivity contribution in [1.29, 1.82) is 0 Å². The summed E-state index contributed by atoms with van der Waals surface area (Å²) in [4.78, 5) is 2.33. The van der Waals surface area contributed by atoms with Gasteiger partial charge in [0.15, 0.2) is 9.84 Å². The van der Waals surface area contributed by atoms with Gasteiger partial charge in [0.25, 0.3) is 0 Å². The Morgan fingerprint density at radius 3 is 2.65 bits per heavy atom. The molecule has 3 aliphatic rings. The number of sulfone groups is 1. The van der Waals surface area contributed by atoms with E-state index in [2.05, 4.69) is 23.1 Å². The lowest BCUT2D eigenvalue weighted by molar-refractivity contribution is 0.255. The van der Waals surface area contributed by atoms with Crippen LogP contribution in [0, 0.1) is 0 Å². The molecule has 2 heterocycles. The normalized spacial score (nSPS) is 33.5. The third-order valence-electron chi connectivity index (χ3n) is 5.14. The van der Waals surface area contributed by atoms with E-state index in [1.165, 1.54) is 11.1 Å². The molecule has 2 saturated heterocycles. The Kier molecular flexibility index (Phi) is 2.60. The molecule has 0 spiro atoms. The van der Waals surface area contributed by atoms with E-state index < -0.39 is 9.84 Å². The maximum absolute atomic E-state index is 11.8. The van der Waals surface area contributed by atoms with Gasteiger partial charge < -0.3 is 5.73 Å². The molecule has 3 fully saturated rings. The molecule has 1 aromatic rings. The fourth-order valence-electron chi connectivity index (χ4n) is 3.74. The Bertz CT molecular complexity index is 652. The van der Waals surface area contributed by atoms with Gasteiger partial charge in [0.2, 0.25) is 0 Å². The van der Waals surface area contributed by atoms with Crippen molar-refractivity contribution in [1.82, 2.24) is 4.90 Å². The van der Waals surface area contributed by atoms with Crippen LogP contribution < -0.4 is 5.73 Å². The van der Waals surface area contributed by atoms with Crippen LogP contribution in [0.1, 0.15) is 30.4 Å². The molecule has 108 valence electrons. The molecule has 4 rings (SSSR count). The molecule has 1 aliphatic carbocycles. The Hall–Kier alpha value is -0.910. The zero-order valence-electron chi connectivity index (χ0n) is 11.5. The Balaban J connectivity index is 1.57. The lowest BCUT2D eigenvalue weighted by Gasteiger charge is -2.28. The van der Waals surface area contributed by atoms with Crippen molar-refractivity contribution < 1.29 is 8.42 Å². The minimum absolute atomic E-state index is 0.124. The van der Waals surface area contributed by atoms with Crippen LogP contribution in [0.2, 0.25) is 0 Å². The first-order valence-corrected chi connectivity index (χ1v) is 9.02. The summed E-state index contributed by atoms with van der Waals surface area (Å²) in [5.41, 5.74) is 8.75. The maximum atomic E-state index is 11.8. The first kappa shape index (κ1) is 12.8. The van der Waals surface area contributed by atoms with Gasteiger partial charge in [-0.15, -0.1) is 0 Å². The Morgan fingerprint density at radius 1 is 1.30 bits per heavy atom. The quantitative estimate of drug-likeness (QED) is 0.903. The van der Waals surface area contributed by atoms with Gasteiger partial charge in [-0.1, -0.05) is 24.3 Å². The number of hydrogen-bond donors (Lipinski definition) is 1. The van der Waals surface area contributed by atoms with Gasteiger partial charge in [0, 0.05) is 24.7 Å². The van der Waals surface area contributed by atoms with Crippen molar-refractivity contribution in [3.8, 4) is 0 Å².